The fourth-order valence-electron chi connectivity index (χ4n) is 1.95. The van der Waals surface area contributed by atoms with Gasteiger partial charge in [0.05, 0.1) is 22.1 Å². The maximum atomic E-state index is 10.7. The molecular weight excluding hydrogens is 256 g/mol. The predicted molar refractivity (Wildman–Crippen MR) is 77.8 cm³/mol. The Bertz CT molecular complexity index is 806. The molecule has 2 heterocycles. The van der Waals surface area contributed by atoms with Crippen molar-refractivity contribution in [2.75, 3.05) is 0 Å². The lowest BCUT2D eigenvalue weighted by molar-refractivity contribution is 1.21. The molecule has 0 fully saturated rings. The Hall–Kier alpha value is -3.02. The van der Waals surface area contributed by atoms with E-state index in [-0.39, 0.29) is 11.4 Å². The van der Waals surface area contributed by atoms with Crippen LogP contribution < -0.4 is 11.4 Å². The van der Waals surface area contributed by atoms with Crippen LogP contribution in [0.2, 0.25) is 0 Å². The third-order valence-electron chi connectivity index (χ3n) is 2.85. The lowest BCUT2D eigenvalue weighted by atomic mass is 10.3. The van der Waals surface area contributed by atoms with Gasteiger partial charge in [0.15, 0.2) is 0 Å². The molecule has 20 heavy (non-hydrogen) atoms. The average molecular weight is 268 g/mol. The van der Waals surface area contributed by atoms with Gasteiger partial charge < -0.3 is 19.9 Å². The number of hydrogen-bond acceptors (Lipinski definition) is 2. The number of aromatic amines is 4. The molecule has 6 nitrogen and oxygen atoms in total. The Morgan fingerprint density at radius 1 is 0.500 bits per heavy atom. The van der Waals surface area contributed by atoms with E-state index in [9.17, 15) is 9.59 Å². The van der Waals surface area contributed by atoms with Crippen molar-refractivity contribution in [3.05, 3.63) is 69.5 Å². The largest absolute Gasteiger partial charge is 0.323 e. The molecule has 0 unspecified atom stereocenters. The molecule has 0 saturated carbocycles. The molecule has 0 aliphatic heterocycles. The lowest BCUT2D eigenvalue weighted by Crippen LogP contribution is -1.99. The highest BCUT2D eigenvalue weighted by Gasteiger charge is 1.92. The summed E-state index contributed by atoms with van der Waals surface area (Å²) < 4.78 is 0. The highest BCUT2D eigenvalue weighted by atomic mass is 16.1. The molecule has 4 rings (SSSR count). The Morgan fingerprint density at radius 3 is 1.00 bits per heavy atom. The quantitative estimate of drug-likeness (QED) is 0.390. The molecule has 0 radical (unpaired) electrons. The topological polar surface area (TPSA) is 97.3 Å². The van der Waals surface area contributed by atoms with Crippen LogP contribution in [-0.4, -0.2) is 19.9 Å². The molecule has 0 bridgehead atoms. The van der Waals surface area contributed by atoms with Crippen LogP contribution >= 0.6 is 0 Å². The van der Waals surface area contributed by atoms with E-state index in [1.165, 1.54) is 0 Å². The summed E-state index contributed by atoms with van der Waals surface area (Å²) >= 11 is 0. The van der Waals surface area contributed by atoms with Gasteiger partial charge in [-0.2, -0.15) is 0 Å². The SMILES string of the molecule is O=c1[nH]c2ccccc2[nH]1.O=c1[nH]c2ccccc2[nH]1. The first-order chi connectivity index (χ1) is 9.72. The van der Waals surface area contributed by atoms with Gasteiger partial charge in [-0.3, -0.25) is 0 Å². The summed E-state index contributed by atoms with van der Waals surface area (Å²) in [5, 5.41) is 0. The Kier molecular flexibility index (Phi) is 2.96. The summed E-state index contributed by atoms with van der Waals surface area (Å²) in [6, 6.07) is 14.9. The van der Waals surface area contributed by atoms with Gasteiger partial charge in [0.25, 0.3) is 0 Å². The zero-order valence-electron chi connectivity index (χ0n) is 10.4. The standard InChI is InChI=1S/2C7H6N2O/c2*10-7-8-5-3-1-2-4-6(5)9-7/h2*1-4H,(H2,8,9,10). The van der Waals surface area contributed by atoms with Gasteiger partial charge in [0, 0.05) is 0 Å². The summed E-state index contributed by atoms with van der Waals surface area (Å²) in [6.45, 7) is 0. The van der Waals surface area contributed by atoms with Crippen molar-refractivity contribution in [1.29, 1.82) is 0 Å². The minimum Gasteiger partial charge on any atom is -0.306 e. The predicted octanol–water partition coefficient (Wildman–Crippen LogP) is 1.71. The summed E-state index contributed by atoms with van der Waals surface area (Å²) in [6.07, 6.45) is 0. The van der Waals surface area contributed by atoms with Crippen LogP contribution in [0, 0.1) is 0 Å². The maximum absolute atomic E-state index is 10.7. The van der Waals surface area contributed by atoms with E-state index in [0.29, 0.717) is 0 Å². The molecule has 2 aromatic carbocycles. The molecule has 4 N–H and O–H groups in total. The summed E-state index contributed by atoms with van der Waals surface area (Å²) in [5.74, 6) is 0. The third kappa shape index (κ3) is 2.39. The van der Waals surface area contributed by atoms with Crippen molar-refractivity contribution in [3.8, 4) is 0 Å². The number of H-pyrrole nitrogens is 4. The molecule has 2 aromatic heterocycles. The van der Waals surface area contributed by atoms with E-state index < -0.39 is 0 Å². The van der Waals surface area contributed by atoms with Gasteiger partial charge in [-0.25, -0.2) is 9.59 Å². The highest BCUT2D eigenvalue weighted by Crippen LogP contribution is 2.03. The molecule has 4 aromatic rings. The number of aromatic nitrogens is 4. The van der Waals surface area contributed by atoms with Crippen LogP contribution in [0.1, 0.15) is 0 Å². The second-order valence-corrected chi connectivity index (χ2v) is 4.25. The molecule has 0 spiro atoms. The van der Waals surface area contributed by atoms with E-state index >= 15 is 0 Å². The van der Waals surface area contributed by atoms with E-state index in [1.54, 1.807) is 0 Å². The maximum Gasteiger partial charge on any atom is 0.323 e. The summed E-state index contributed by atoms with van der Waals surface area (Å²) in [5.41, 5.74) is 3.11. The van der Waals surface area contributed by atoms with Crippen LogP contribution in [0.4, 0.5) is 0 Å². The Morgan fingerprint density at radius 2 is 0.750 bits per heavy atom. The van der Waals surface area contributed by atoms with Gasteiger partial charge in [0.1, 0.15) is 0 Å². The normalized spacial score (nSPS) is 10.4. The van der Waals surface area contributed by atoms with Crippen LogP contribution in [-0.2, 0) is 0 Å². The molecule has 0 atom stereocenters. The van der Waals surface area contributed by atoms with Crippen molar-refractivity contribution < 1.29 is 0 Å². The Balaban J connectivity index is 0.000000121. The van der Waals surface area contributed by atoms with Gasteiger partial charge in [-0.05, 0) is 24.3 Å². The van der Waals surface area contributed by atoms with Gasteiger partial charge in [0.2, 0.25) is 0 Å². The molecule has 0 saturated heterocycles. The number of nitrogens with one attached hydrogen (secondary N) is 4. The first-order valence-electron chi connectivity index (χ1n) is 6.06. The number of fused-ring (bicyclic) bond motifs is 2. The zero-order valence-corrected chi connectivity index (χ0v) is 10.4. The lowest BCUT2D eigenvalue weighted by Gasteiger charge is -1.81. The molecule has 100 valence electrons. The van der Waals surface area contributed by atoms with Crippen molar-refractivity contribution in [2.24, 2.45) is 0 Å². The van der Waals surface area contributed by atoms with Gasteiger partial charge >= 0.3 is 11.4 Å². The van der Waals surface area contributed by atoms with E-state index in [4.69, 9.17) is 0 Å². The van der Waals surface area contributed by atoms with E-state index in [2.05, 4.69) is 19.9 Å². The number of para-hydroxylation sites is 4. The minimum atomic E-state index is -0.152. The summed E-state index contributed by atoms with van der Waals surface area (Å²) in [4.78, 5) is 31.9. The minimum absolute atomic E-state index is 0.152. The second kappa shape index (κ2) is 4.93. The number of hydrogen-bond donors (Lipinski definition) is 4. The molecule has 0 aliphatic carbocycles. The van der Waals surface area contributed by atoms with E-state index in [0.717, 1.165) is 22.1 Å². The molecule has 6 heteroatoms. The highest BCUT2D eigenvalue weighted by molar-refractivity contribution is 5.74. The van der Waals surface area contributed by atoms with Crippen molar-refractivity contribution >= 4 is 22.1 Å². The molecular formula is C14H12N4O2. The van der Waals surface area contributed by atoms with E-state index in [1.807, 2.05) is 48.5 Å². The van der Waals surface area contributed by atoms with Crippen molar-refractivity contribution in [1.82, 2.24) is 19.9 Å². The van der Waals surface area contributed by atoms with Crippen LogP contribution in [0.15, 0.2) is 58.1 Å². The smallest absolute Gasteiger partial charge is 0.306 e. The first-order valence-corrected chi connectivity index (χ1v) is 6.06. The summed E-state index contributed by atoms with van der Waals surface area (Å²) in [7, 11) is 0. The van der Waals surface area contributed by atoms with Crippen LogP contribution in [0.25, 0.3) is 22.1 Å². The fraction of sp³-hybridized carbons (Fsp3) is 0. The first kappa shape index (κ1) is 12.0. The molecule has 0 aliphatic rings. The number of benzene rings is 2. The van der Waals surface area contributed by atoms with Gasteiger partial charge in [-0.15, -0.1) is 0 Å². The monoisotopic (exact) mass is 268 g/mol. The fourth-order valence-corrected chi connectivity index (χ4v) is 1.95. The van der Waals surface area contributed by atoms with Crippen LogP contribution in [0.3, 0.4) is 0 Å². The number of imidazole rings is 2. The zero-order chi connectivity index (χ0) is 13.9. The molecule has 0 amide bonds. The Labute approximate surface area is 112 Å². The second-order valence-electron chi connectivity index (χ2n) is 4.25. The van der Waals surface area contributed by atoms with Crippen molar-refractivity contribution in [2.45, 2.75) is 0 Å². The average Bonchev–Trinajstić information content (AvgIpc) is 2.99. The third-order valence-corrected chi connectivity index (χ3v) is 2.85. The number of rotatable bonds is 0. The van der Waals surface area contributed by atoms with Gasteiger partial charge in [-0.1, -0.05) is 24.3 Å². The van der Waals surface area contributed by atoms with Crippen molar-refractivity contribution in [3.63, 3.8) is 0 Å². The van der Waals surface area contributed by atoms with Crippen LogP contribution in [0.5, 0.6) is 0 Å².